The summed E-state index contributed by atoms with van der Waals surface area (Å²) in [6, 6.07) is 0. The lowest BCUT2D eigenvalue weighted by molar-refractivity contribution is 0.103. The third-order valence-electron chi connectivity index (χ3n) is 5.28. The summed E-state index contributed by atoms with van der Waals surface area (Å²) in [7, 11) is -0.801. The largest absolute Gasteiger partial charge is 0.396 e. The van der Waals surface area contributed by atoms with Crippen LogP contribution in [-0.4, -0.2) is 22.2 Å². The lowest BCUT2D eigenvalue weighted by Crippen LogP contribution is -2.22. The third-order valence-corrected chi connectivity index (χ3v) is 6.49. The first kappa shape index (κ1) is 25.1. The molecule has 0 aromatic carbocycles. The molecule has 2 nitrogen and oxygen atoms in total. The van der Waals surface area contributed by atoms with Gasteiger partial charge in [-0.15, -0.1) is 0 Å². The molecule has 0 aromatic rings. The molecular weight excluding hydrogens is 324 g/mol. The molecule has 152 valence electrons. The molecule has 0 saturated heterocycles. The van der Waals surface area contributed by atoms with Crippen LogP contribution in [0.15, 0.2) is 0 Å². The van der Waals surface area contributed by atoms with E-state index in [0.717, 1.165) is 12.8 Å². The second kappa shape index (κ2) is 20.4. The van der Waals surface area contributed by atoms with E-state index in [0.29, 0.717) is 12.2 Å². The van der Waals surface area contributed by atoms with E-state index in [2.05, 4.69) is 27.7 Å². The van der Waals surface area contributed by atoms with Crippen LogP contribution in [0.4, 0.5) is 0 Å². The summed E-state index contributed by atoms with van der Waals surface area (Å²) in [5.41, 5.74) is 0. The molecule has 0 N–H and O–H groups in total. The van der Waals surface area contributed by atoms with Crippen LogP contribution in [0.3, 0.4) is 0 Å². The van der Waals surface area contributed by atoms with Gasteiger partial charge in [-0.25, -0.2) is 0 Å². The molecule has 0 heterocycles. The summed E-state index contributed by atoms with van der Waals surface area (Å²) < 4.78 is 12.3. The lowest BCUT2D eigenvalue weighted by Gasteiger charge is -2.20. The Bertz CT molecular complexity index is 224. The summed E-state index contributed by atoms with van der Waals surface area (Å²) in [6.45, 7) is 9.07. The maximum Gasteiger partial charge on any atom is 0.304 e. The zero-order chi connectivity index (χ0) is 18.6. The number of hydrogen-bond acceptors (Lipinski definition) is 2. The normalized spacial score (nSPS) is 14.4. The minimum atomic E-state index is -0.801. The van der Waals surface area contributed by atoms with Gasteiger partial charge < -0.3 is 8.85 Å². The van der Waals surface area contributed by atoms with Crippen molar-refractivity contribution in [1.29, 1.82) is 0 Å². The van der Waals surface area contributed by atoms with Crippen LogP contribution in [0.1, 0.15) is 130 Å². The third kappa shape index (κ3) is 17.3. The Morgan fingerprint density at radius 1 is 0.520 bits per heavy atom. The molecule has 0 bridgehead atoms. The molecule has 0 saturated carbocycles. The number of rotatable bonds is 20. The fourth-order valence-electron chi connectivity index (χ4n) is 3.35. The molecule has 2 atom stereocenters. The average molecular weight is 373 g/mol. The molecule has 0 amide bonds. The van der Waals surface area contributed by atoms with Crippen LogP contribution in [-0.2, 0) is 8.85 Å². The van der Waals surface area contributed by atoms with Gasteiger partial charge in [0.25, 0.3) is 0 Å². The molecule has 0 aromatic heterocycles. The molecule has 0 radical (unpaired) electrons. The summed E-state index contributed by atoms with van der Waals surface area (Å²) in [5, 5.41) is 0. The highest BCUT2D eigenvalue weighted by atomic mass is 28.3. The topological polar surface area (TPSA) is 18.5 Å². The molecular formula is C22H48O2Si. The second-order valence-corrected chi connectivity index (χ2v) is 8.53. The van der Waals surface area contributed by atoms with E-state index in [-0.39, 0.29) is 0 Å². The molecule has 0 spiro atoms. The van der Waals surface area contributed by atoms with Crippen LogP contribution in [0.25, 0.3) is 0 Å². The Balaban J connectivity index is 3.62. The van der Waals surface area contributed by atoms with Crippen molar-refractivity contribution in [2.75, 3.05) is 0 Å². The highest BCUT2D eigenvalue weighted by Crippen LogP contribution is 2.14. The van der Waals surface area contributed by atoms with E-state index in [9.17, 15) is 0 Å². The van der Waals surface area contributed by atoms with E-state index in [4.69, 9.17) is 8.85 Å². The van der Waals surface area contributed by atoms with Crippen molar-refractivity contribution in [1.82, 2.24) is 0 Å². The smallest absolute Gasteiger partial charge is 0.304 e. The molecule has 0 aliphatic rings. The Labute approximate surface area is 161 Å². The van der Waals surface area contributed by atoms with Crippen molar-refractivity contribution in [3.05, 3.63) is 0 Å². The van der Waals surface area contributed by atoms with Crippen LogP contribution in [0.2, 0.25) is 0 Å². The molecule has 0 aliphatic heterocycles. The summed E-state index contributed by atoms with van der Waals surface area (Å²) in [6.07, 6.45) is 22.1. The predicted octanol–water partition coefficient (Wildman–Crippen LogP) is 7.08. The number of hydrogen-bond donors (Lipinski definition) is 0. The van der Waals surface area contributed by atoms with E-state index >= 15 is 0 Å². The fourth-order valence-corrected chi connectivity index (χ4v) is 4.62. The van der Waals surface area contributed by atoms with Gasteiger partial charge in [-0.2, -0.15) is 0 Å². The monoisotopic (exact) mass is 372 g/mol. The van der Waals surface area contributed by atoms with Crippen molar-refractivity contribution in [2.24, 2.45) is 0 Å². The molecule has 2 unspecified atom stereocenters. The first-order chi connectivity index (χ1) is 12.3. The molecule has 0 rings (SSSR count). The maximum absolute atomic E-state index is 6.13. The minimum Gasteiger partial charge on any atom is -0.396 e. The van der Waals surface area contributed by atoms with Crippen LogP contribution >= 0.6 is 0 Å². The quantitative estimate of drug-likeness (QED) is 0.168. The Hall–Kier alpha value is 0.137. The lowest BCUT2D eigenvalue weighted by atomic mass is 10.1. The van der Waals surface area contributed by atoms with Gasteiger partial charge in [0.1, 0.15) is 0 Å². The zero-order valence-electron chi connectivity index (χ0n) is 18.0. The van der Waals surface area contributed by atoms with Crippen molar-refractivity contribution in [3.8, 4) is 0 Å². The average Bonchev–Trinajstić information content (AvgIpc) is 2.64. The molecule has 25 heavy (non-hydrogen) atoms. The minimum absolute atomic E-state index is 0.449. The Morgan fingerprint density at radius 2 is 0.880 bits per heavy atom. The SMILES string of the molecule is CCCCCCCCC(CC)O[SiH2]OC(CC)CCCCCCCC. The van der Waals surface area contributed by atoms with Gasteiger partial charge in [-0.3, -0.25) is 0 Å². The van der Waals surface area contributed by atoms with E-state index in [1.165, 1.54) is 89.9 Å². The highest BCUT2D eigenvalue weighted by molar-refractivity contribution is 6.18. The van der Waals surface area contributed by atoms with E-state index < -0.39 is 10.0 Å². The van der Waals surface area contributed by atoms with Gasteiger partial charge in [0, 0.05) is 12.2 Å². The van der Waals surface area contributed by atoms with Gasteiger partial charge in [0.2, 0.25) is 0 Å². The molecule has 0 fully saturated rings. The van der Waals surface area contributed by atoms with E-state index in [1.807, 2.05) is 0 Å². The second-order valence-electron chi connectivity index (χ2n) is 7.62. The summed E-state index contributed by atoms with van der Waals surface area (Å²) in [4.78, 5) is 0. The Kier molecular flexibility index (Phi) is 20.6. The van der Waals surface area contributed by atoms with Crippen molar-refractivity contribution in [3.63, 3.8) is 0 Å². The Morgan fingerprint density at radius 3 is 1.24 bits per heavy atom. The highest BCUT2D eigenvalue weighted by Gasteiger charge is 2.10. The first-order valence-electron chi connectivity index (χ1n) is 11.5. The van der Waals surface area contributed by atoms with E-state index in [1.54, 1.807) is 0 Å². The number of unbranched alkanes of at least 4 members (excludes halogenated alkanes) is 10. The zero-order valence-corrected chi connectivity index (χ0v) is 19.4. The van der Waals surface area contributed by atoms with Crippen LogP contribution in [0, 0.1) is 0 Å². The van der Waals surface area contributed by atoms with Gasteiger partial charge >= 0.3 is 10.0 Å². The first-order valence-corrected chi connectivity index (χ1v) is 12.7. The van der Waals surface area contributed by atoms with Crippen LogP contribution in [0.5, 0.6) is 0 Å². The summed E-state index contributed by atoms with van der Waals surface area (Å²) in [5.74, 6) is 0. The van der Waals surface area contributed by atoms with Gasteiger partial charge in [-0.1, -0.05) is 105 Å². The standard InChI is InChI=1S/C22H48O2Si/c1-5-9-11-13-15-17-19-21(7-3)23-25-24-22(8-4)20-18-16-14-12-10-6-2/h21-22H,5-20,25H2,1-4H3. The molecule has 3 heteroatoms. The predicted molar refractivity (Wildman–Crippen MR) is 115 cm³/mol. The fraction of sp³-hybridized carbons (Fsp3) is 1.00. The summed E-state index contributed by atoms with van der Waals surface area (Å²) >= 11 is 0. The maximum atomic E-state index is 6.13. The van der Waals surface area contributed by atoms with Gasteiger partial charge in [0.15, 0.2) is 0 Å². The van der Waals surface area contributed by atoms with Crippen molar-refractivity contribution >= 4 is 10.0 Å². The van der Waals surface area contributed by atoms with Crippen molar-refractivity contribution < 1.29 is 8.85 Å². The van der Waals surface area contributed by atoms with Crippen LogP contribution < -0.4 is 0 Å². The van der Waals surface area contributed by atoms with Gasteiger partial charge in [0.05, 0.1) is 0 Å². The van der Waals surface area contributed by atoms with Gasteiger partial charge in [-0.05, 0) is 25.7 Å². The van der Waals surface area contributed by atoms with Crippen molar-refractivity contribution in [2.45, 2.75) is 143 Å². The molecule has 0 aliphatic carbocycles.